The average molecular weight is 235 g/mol. The van der Waals surface area contributed by atoms with E-state index in [4.69, 9.17) is 4.74 Å². The van der Waals surface area contributed by atoms with Crippen molar-refractivity contribution in [2.24, 2.45) is 5.92 Å². The number of hydrogen-bond acceptors (Lipinski definition) is 4. The molecule has 1 N–H and O–H groups in total. The highest BCUT2D eigenvalue weighted by molar-refractivity contribution is 5.29. The van der Waals surface area contributed by atoms with E-state index in [0.717, 1.165) is 12.1 Å². The fraction of sp³-hybridized carbons (Fsp3) is 0.692. The molecule has 2 unspecified atom stereocenters. The summed E-state index contributed by atoms with van der Waals surface area (Å²) >= 11 is 0. The highest BCUT2D eigenvalue weighted by atomic mass is 16.5. The molecule has 0 saturated heterocycles. The van der Waals surface area contributed by atoms with Crippen LogP contribution in [0, 0.1) is 12.8 Å². The van der Waals surface area contributed by atoms with Gasteiger partial charge >= 0.3 is 0 Å². The lowest BCUT2D eigenvalue weighted by molar-refractivity contribution is 0.0975. The first-order chi connectivity index (χ1) is 8.19. The number of rotatable bonds is 3. The van der Waals surface area contributed by atoms with Gasteiger partial charge in [-0.05, 0) is 32.1 Å². The number of hydrogen-bond donors (Lipinski definition) is 1. The molecule has 17 heavy (non-hydrogen) atoms. The Bertz CT molecular complexity index is 381. The van der Waals surface area contributed by atoms with Gasteiger partial charge in [0.05, 0.1) is 0 Å². The van der Waals surface area contributed by atoms with E-state index in [1.807, 2.05) is 20.0 Å². The molecule has 0 aromatic carbocycles. The number of anilines is 1. The van der Waals surface area contributed by atoms with Crippen LogP contribution in [-0.4, -0.2) is 23.1 Å². The van der Waals surface area contributed by atoms with Gasteiger partial charge in [-0.2, -0.15) is 4.98 Å². The first kappa shape index (κ1) is 12.1. The van der Waals surface area contributed by atoms with Crippen molar-refractivity contribution in [3.63, 3.8) is 0 Å². The molecule has 94 valence electrons. The topological polar surface area (TPSA) is 47.0 Å². The van der Waals surface area contributed by atoms with Crippen molar-refractivity contribution >= 4 is 5.95 Å². The second-order valence-corrected chi connectivity index (χ2v) is 4.84. The first-order valence-corrected chi connectivity index (χ1v) is 6.39. The zero-order valence-electron chi connectivity index (χ0n) is 10.9. The highest BCUT2D eigenvalue weighted by Crippen LogP contribution is 2.27. The maximum absolute atomic E-state index is 6.00. The molecular formula is C13H21N3O. The minimum atomic E-state index is 0.308. The predicted molar refractivity (Wildman–Crippen MR) is 68.4 cm³/mol. The van der Waals surface area contributed by atoms with Crippen molar-refractivity contribution in [3.05, 3.63) is 11.8 Å². The summed E-state index contributed by atoms with van der Waals surface area (Å²) < 4.78 is 6.00. The molecular weight excluding hydrogens is 214 g/mol. The smallest absolute Gasteiger partial charge is 0.225 e. The van der Waals surface area contributed by atoms with Gasteiger partial charge in [-0.3, -0.25) is 0 Å². The largest absolute Gasteiger partial charge is 0.474 e. The van der Waals surface area contributed by atoms with Crippen LogP contribution in [0.15, 0.2) is 6.07 Å². The third-order valence-corrected chi connectivity index (χ3v) is 3.36. The summed E-state index contributed by atoms with van der Waals surface area (Å²) in [5, 5.41) is 2.95. The van der Waals surface area contributed by atoms with Gasteiger partial charge in [0.2, 0.25) is 11.8 Å². The van der Waals surface area contributed by atoms with Crippen LogP contribution in [0.5, 0.6) is 5.88 Å². The van der Waals surface area contributed by atoms with Crippen LogP contribution >= 0.6 is 0 Å². The average Bonchev–Trinajstić information content (AvgIpc) is 2.31. The fourth-order valence-corrected chi connectivity index (χ4v) is 2.32. The molecule has 1 aromatic rings. The van der Waals surface area contributed by atoms with Gasteiger partial charge in [0.25, 0.3) is 0 Å². The van der Waals surface area contributed by atoms with E-state index in [-0.39, 0.29) is 0 Å². The molecule has 1 heterocycles. The van der Waals surface area contributed by atoms with Gasteiger partial charge in [0, 0.05) is 18.8 Å². The van der Waals surface area contributed by atoms with Crippen LogP contribution in [0.4, 0.5) is 5.95 Å². The zero-order chi connectivity index (χ0) is 12.3. The van der Waals surface area contributed by atoms with Gasteiger partial charge in [-0.25, -0.2) is 4.98 Å². The normalized spacial score (nSPS) is 24.4. The summed E-state index contributed by atoms with van der Waals surface area (Å²) in [6.45, 7) is 4.22. The Balaban J connectivity index is 2.09. The quantitative estimate of drug-likeness (QED) is 0.875. The number of aromatic nitrogens is 2. The predicted octanol–water partition coefficient (Wildman–Crippen LogP) is 2.78. The summed E-state index contributed by atoms with van der Waals surface area (Å²) in [5.74, 6) is 1.95. The maximum Gasteiger partial charge on any atom is 0.225 e. The molecule has 0 spiro atoms. The van der Waals surface area contributed by atoms with Crippen molar-refractivity contribution in [2.75, 3.05) is 12.4 Å². The maximum atomic E-state index is 6.00. The van der Waals surface area contributed by atoms with E-state index in [9.17, 15) is 0 Å². The minimum absolute atomic E-state index is 0.308. The van der Waals surface area contributed by atoms with Crippen LogP contribution in [0.25, 0.3) is 0 Å². The molecule has 0 radical (unpaired) electrons. The Labute approximate surface area is 103 Å². The molecule has 2 atom stereocenters. The summed E-state index contributed by atoms with van der Waals surface area (Å²) in [5.41, 5.74) is 0.933. The monoisotopic (exact) mass is 235 g/mol. The Morgan fingerprint density at radius 1 is 1.29 bits per heavy atom. The Morgan fingerprint density at radius 2 is 2.06 bits per heavy atom. The molecule has 0 aliphatic heterocycles. The molecule has 1 aromatic heterocycles. The highest BCUT2D eigenvalue weighted by Gasteiger charge is 2.23. The standard InChI is InChI=1S/C13H21N3O/c1-9-6-4-5-7-11(9)17-12-8-10(2)15-13(14-3)16-12/h8-9,11H,4-7H2,1-3H3,(H,14,15,16). The molecule has 4 nitrogen and oxygen atoms in total. The summed E-state index contributed by atoms with van der Waals surface area (Å²) in [7, 11) is 1.82. The molecule has 2 rings (SSSR count). The van der Waals surface area contributed by atoms with Crippen LogP contribution in [-0.2, 0) is 0 Å². The molecule has 0 bridgehead atoms. The van der Waals surface area contributed by atoms with E-state index in [1.165, 1.54) is 19.3 Å². The van der Waals surface area contributed by atoms with Crippen LogP contribution < -0.4 is 10.1 Å². The fourth-order valence-electron chi connectivity index (χ4n) is 2.32. The van der Waals surface area contributed by atoms with Gasteiger partial charge in [0.15, 0.2) is 0 Å². The lowest BCUT2D eigenvalue weighted by Crippen LogP contribution is -2.28. The second kappa shape index (κ2) is 5.34. The van der Waals surface area contributed by atoms with Crippen molar-refractivity contribution in [2.45, 2.75) is 45.6 Å². The summed E-state index contributed by atoms with van der Waals surface area (Å²) in [6, 6.07) is 1.90. The number of ether oxygens (including phenoxy) is 1. The van der Waals surface area contributed by atoms with Crippen molar-refractivity contribution in [1.29, 1.82) is 0 Å². The molecule has 1 saturated carbocycles. The van der Waals surface area contributed by atoms with Crippen molar-refractivity contribution in [3.8, 4) is 5.88 Å². The van der Waals surface area contributed by atoms with E-state index < -0.39 is 0 Å². The first-order valence-electron chi connectivity index (χ1n) is 6.39. The van der Waals surface area contributed by atoms with Gasteiger partial charge in [-0.15, -0.1) is 0 Å². The summed E-state index contributed by atoms with van der Waals surface area (Å²) in [4.78, 5) is 8.60. The van der Waals surface area contributed by atoms with E-state index in [0.29, 0.717) is 23.9 Å². The Hall–Kier alpha value is -1.32. The van der Waals surface area contributed by atoms with Crippen molar-refractivity contribution < 1.29 is 4.74 Å². The third-order valence-electron chi connectivity index (χ3n) is 3.36. The van der Waals surface area contributed by atoms with Crippen LogP contribution in [0.3, 0.4) is 0 Å². The zero-order valence-corrected chi connectivity index (χ0v) is 10.9. The van der Waals surface area contributed by atoms with Crippen LogP contribution in [0.2, 0.25) is 0 Å². The van der Waals surface area contributed by atoms with E-state index in [1.54, 1.807) is 0 Å². The summed E-state index contributed by atoms with van der Waals surface area (Å²) in [6.07, 6.45) is 5.29. The van der Waals surface area contributed by atoms with E-state index >= 15 is 0 Å². The molecule has 0 amide bonds. The SMILES string of the molecule is CNc1nc(C)cc(OC2CCCCC2C)n1. The Kier molecular flexibility index (Phi) is 3.82. The second-order valence-electron chi connectivity index (χ2n) is 4.84. The van der Waals surface area contributed by atoms with Gasteiger partial charge in [0.1, 0.15) is 6.10 Å². The van der Waals surface area contributed by atoms with Gasteiger partial charge in [-0.1, -0.05) is 13.3 Å². The number of nitrogens with one attached hydrogen (secondary N) is 1. The Morgan fingerprint density at radius 3 is 2.76 bits per heavy atom. The molecule has 1 fully saturated rings. The van der Waals surface area contributed by atoms with Crippen LogP contribution in [0.1, 0.15) is 38.3 Å². The molecule has 1 aliphatic carbocycles. The van der Waals surface area contributed by atoms with Gasteiger partial charge < -0.3 is 10.1 Å². The van der Waals surface area contributed by atoms with E-state index in [2.05, 4.69) is 22.2 Å². The lowest BCUT2D eigenvalue weighted by Gasteiger charge is -2.28. The third kappa shape index (κ3) is 3.08. The minimum Gasteiger partial charge on any atom is -0.474 e. The van der Waals surface area contributed by atoms with Crippen molar-refractivity contribution in [1.82, 2.24) is 9.97 Å². The lowest BCUT2D eigenvalue weighted by atomic mass is 9.88. The molecule has 4 heteroatoms. The number of nitrogens with zero attached hydrogens (tertiary/aromatic N) is 2. The number of aryl methyl sites for hydroxylation is 1. The molecule has 1 aliphatic rings.